The fraction of sp³-hybridized carbons (Fsp3) is 0.208. The van der Waals surface area contributed by atoms with Gasteiger partial charge in [-0.3, -0.25) is 14.6 Å². The summed E-state index contributed by atoms with van der Waals surface area (Å²) in [6, 6.07) is 18.8. The number of carbonyl (C=O) groups excluding carboxylic acids is 2. The first kappa shape index (κ1) is 21.0. The Hall–Kier alpha value is -3.67. The molecule has 0 fully saturated rings. The average Bonchev–Trinajstić information content (AvgIpc) is 2.75. The largest absolute Gasteiger partial charge is 0.487 e. The zero-order valence-corrected chi connectivity index (χ0v) is 17.1. The third kappa shape index (κ3) is 6.44. The van der Waals surface area contributed by atoms with Gasteiger partial charge in [-0.2, -0.15) is 0 Å². The summed E-state index contributed by atoms with van der Waals surface area (Å²) < 4.78 is 5.70. The van der Waals surface area contributed by atoms with Gasteiger partial charge in [-0.25, -0.2) is 0 Å². The predicted octanol–water partition coefficient (Wildman–Crippen LogP) is 3.32. The first-order valence-electron chi connectivity index (χ1n) is 9.74. The van der Waals surface area contributed by atoms with Gasteiger partial charge in [-0.15, -0.1) is 0 Å². The quantitative estimate of drug-likeness (QED) is 0.605. The van der Waals surface area contributed by atoms with Crippen LogP contribution in [0.15, 0.2) is 66.9 Å². The lowest BCUT2D eigenvalue weighted by atomic mass is 10.1. The molecule has 6 nitrogen and oxygen atoms in total. The molecule has 0 spiro atoms. The van der Waals surface area contributed by atoms with Crippen LogP contribution in [0.2, 0.25) is 0 Å². The Bertz CT molecular complexity index is 982. The van der Waals surface area contributed by atoms with Crippen LogP contribution in [-0.2, 0) is 17.9 Å². The fourth-order valence-electron chi connectivity index (χ4n) is 2.98. The highest BCUT2D eigenvalue weighted by Crippen LogP contribution is 2.13. The number of nitrogens with zero attached hydrogens (tertiary/aromatic N) is 1. The fourth-order valence-corrected chi connectivity index (χ4v) is 2.98. The second-order valence-corrected chi connectivity index (χ2v) is 7.09. The summed E-state index contributed by atoms with van der Waals surface area (Å²) in [4.78, 5) is 28.5. The molecule has 154 valence electrons. The highest BCUT2D eigenvalue weighted by Gasteiger charge is 2.09. The molecule has 6 heteroatoms. The first-order chi connectivity index (χ1) is 14.5. The molecule has 0 bridgehead atoms. The number of pyridine rings is 1. The van der Waals surface area contributed by atoms with Gasteiger partial charge < -0.3 is 15.4 Å². The Morgan fingerprint density at radius 1 is 0.933 bits per heavy atom. The lowest BCUT2D eigenvalue weighted by Gasteiger charge is -2.09. The van der Waals surface area contributed by atoms with Crippen molar-refractivity contribution >= 4 is 11.8 Å². The van der Waals surface area contributed by atoms with Crippen molar-refractivity contribution in [3.8, 4) is 5.75 Å². The summed E-state index contributed by atoms with van der Waals surface area (Å²) in [5, 5.41) is 5.46. The lowest BCUT2D eigenvalue weighted by molar-refractivity contribution is -0.120. The van der Waals surface area contributed by atoms with E-state index in [1.165, 1.54) is 0 Å². The molecule has 30 heavy (non-hydrogen) atoms. The molecule has 0 aliphatic heterocycles. The molecule has 0 saturated carbocycles. The topological polar surface area (TPSA) is 80.3 Å². The zero-order valence-electron chi connectivity index (χ0n) is 17.1. The van der Waals surface area contributed by atoms with Gasteiger partial charge in [0.15, 0.2) is 0 Å². The number of nitrogens with one attached hydrogen (secondary N) is 2. The van der Waals surface area contributed by atoms with E-state index in [2.05, 4.69) is 15.6 Å². The van der Waals surface area contributed by atoms with Gasteiger partial charge in [0.2, 0.25) is 5.91 Å². The van der Waals surface area contributed by atoms with Crippen LogP contribution < -0.4 is 15.4 Å². The molecule has 0 radical (unpaired) electrons. The SMILES string of the molecule is Cc1cc(C)cc(C(=O)NCC(=O)NCc2ccc(OCc3ccccn3)cc2)c1. The summed E-state index contributed by atoms with van der Waals surface area (Å²) in [6.07, 6.45) is 1.73. The molecule has 2 N–H and O–H groups in total. The summed E-state index contributed by atoms with van der Waals surface area (Å²) in [5.74, 6) is 0.228. The number of hydrogen-bond donors (Lipinski definition) is 2. The van der Waals surface area contributed by atoms with Gasteiger partial charge in [0, 0.05) is 18.3 Å². The first-order valence-corrected chi connectivity index (χ1v) is 9.74. The number of rotatable bonds is 8. The van der Waals surface area contributed by atoms with E-state index in [1.807, 2.05) is 62.4 Å². The van der Waals surface area contributed by atoms with Gasteiger partial charge >= 0.3 is 0 Å². The Balaban J connectivity index is 1.41. The summed E-state index contributed by atoms with van der Waals surface area (Å²) in [5.41, 5.74) is 4.38. The van der Waals surface area contributed by atoms with Crippen molar-refractivity contribution in [2.24, 2.45) is 0 Å². The van der Waals surface area contributed by atoms with Crippen molar-refractivity contribution in [2.75, 3.05) is 6.54 Å². The highest BCUT2D eigenvalue weighted by molar-refractivity contribution is 5.96. The minimum Gasteiger partial charge on any atom is -0.487 e. The van der Waals surface area contributed by atoms with Crippen molar-refractivity contribution in [3.63, 3.8) is 0 Å². The van der Waals surface area contributed by atoms with Crippen molar-refractivity contribution in [1.82, 2.24) is 15.6 Å². The molecule has 3 aromatic rings. The van der Waals surface area contributed by atoms with Crippen molar-refractivity contribution in [1.29, 1.82) is 0 Å². The van der Waals surface area contributed by atoms with Crippen LogP contribution in [0.1, 0.15) is 32.7 Å². The van der Waals surface area contributed by atoms with E-state index in [0.29, 0.717) is 18.7 Å². The van der Waals surface area contributed by atoms with E-state index in [0.717, 1.165) is 28.1 Å². The predicted molar refractivity (Wildman–Crippen MR) is 115 cm³/mol. The second-order valence-electron chi connectivity index (χ2n) is 7.09. The van der Waals surface area contributed by atoms with Crippen LogP contribution in [0.4, 0.5) is 0 Å². The van der Waals surface area contributed by atoms with E-state index in [-0.39, 0.29) is 18.4 Å². The molecular weight excluding hydrogens is 378 g/mol. The molecule has 0 aliphatic rings. The number of carbonyl (C=O) groups is 2. The third-order valence-electron chi connectivity index (χ3n) is 4.42. The third-order valence-corrected chi connectivity index (χ3v) is 4.42. The van der Waals surface area contributed by atoms with Crippen LogP contribution >= 0.6 is 0 Å². The average molecular weight is 403 g/mol. The van der Waals surface area contributed by atoms with Gasteiger partial charge in [0.1, 0.15) is 12.4 Å². The molecule has 2 amide bonds. The van der Waals surface area contributed by atoms with E-state index >= 15 is 0 Å². The van der Waals surface area contributed by atoms with E-state index < -0.39 is 0 Å². The molecule has 2 aromatic carbocycles. The lowest BCUT2D eigenvalue weighted by Crippen LogP contribution is -2.36. The Morgan fingerprint density at radius 2 is 1.67 bits per heavy atom. The maximum absolute atomic E-state index is 12.2. The number of aromatic nitrogens is 1. The van der Waals surface area contributed by atoms with Crippen molar-refractivity contribution < 1.29 is 14.3 Å². The highest BCUT2D eigenvalue weighted by atomic mass is 16.5. The minimum absolute atomic E-state index is 0.0723. The van der Waals surface area contributed by atoms with Gasteiger partial charge in [0.25, 0.3) is 5.91 Å². The van der Waals surface area contributed by atoms with Crippen LogP contribution in [0, 0.1) is 13.8 Å². The molecule has 3 rings (SSSR count). The van der Waals surface area contributed by atoms with Crippen molar-refractivity contribution in [2.45, 2.75) is 27.0 Å². The maximum atomic E-state index is 12.2. The van der Waals surface area contributed by atoms with Crippen LogP contribution in [-0.4, -0.2) is 23.3 Å². The Morgan fingerprint density at radius 3 is 2.33 bits per heavy atom. The molecule has 0 unspecified atom stereocenters. The number of benzene rings is 2. The van der Waals surface area contributed by atoms with Crippen LogP contribution in [0.3, 0.4) is 0 Å². The van der Waals surface area contributed by atoms with Gasteiger partial charge in [-0.05, 0) is 55.8 Å². The molecule has 0 saturated heterocycles. The van der Waals surface area contributed by atoms with Crippen LogP contribution in [0.5, 0.6) is 5.75 Å². The van der Waals surface area contributed by atoms with E-state index in [1.54, 1.807) is 18.3 Å². The van der Waals surface area contributed by atoms with E-state index in [9.17, 15) is 9.59 Å². The summed E-state index contributed by atoms with van der Waals surface area (Å²) >= 11 is 0. The summed E-state index contributed by atoms with van der Waals surface area (Å²) in [7, 11) is 0. The number of amides is 2. The van der Waals surface area contributed by atoms with Gasteiger partial charge in [-0.1, -0.05) is 35.4 Å². The molecule has 0 atom stereocenters. The standard InChI is InChI=1S/C24H25N3O3/c1-17-11-18(2)13-20(12-17)24(29)27-15-23(28)26-14-19-6-8-22(9-7-19)30-16-21-5-3-4-10-25-21/h3-13H,14-16H2,1-2H3,(H,26,28)(H,27,29). The molecule has 1 aromatic heterocycles. The van der Waals surface area contributed by atoms with E-state index in [4.69, 9.17) is 4.74 Å². The summed E-state index contributed by atoms with van der Waals surface area (Å²) in [6.45, 7) is 4.57. The number of aryl methyl sites for hydroxylation is 2. The second kappa shape index (κ2) is 10.2. The molecular formula is C24H25N3O3. The maximum Gasteiger partial charge on any atom is 0.251 e. The van der Waals surface area contributed by atoms with Crippen molar-refractivity contribution in [3.05, 3.63) is 94.8 Å². The Kier molecular flexibility index (Phi) is 7.16. The van der Waals surface area contributed by atoms with Crippen LogP contribution in [0.25, 0.3) is 0 Å². The van der Waals surface area contributed by atoms with Gasteiger partial charge in [0.05, 0.1) is 12.2 Å². The number of ether oxygens (including phenoxy) is 1. The zero-order chi connectivity index (χ0) is 21.3. The normalized spacial score (nSPS) is 10.3. The minimum atomic E-state index is -0.258. The molecule has 0 aliphatic carbocycles. The smallest absolute Gasteiger partial charge is 0.251 e. The monoisotopic (exact) mass is 403 g/mol. The number of hydrogen-bond acceptors (Lipinski definition) is 4. The molecule has 1 heterocycles. The Labute approximate surface area is 176 Å².